The Kier molecular flexibility index (Phi) is 9.43. The summed E-state index contributed by atoms with van der Waals surface area (Å²) < 4.78 is 31.8. The summed E-state index contributed by atoms with van der Waals surface area (Å²) in [6.45, 7) is 7.63. The molecule has 2 N–H and O–H groups in total. The van der Waals surface area contributed by atoms with Crippen LogP contribution in [-0.2, 0) is 9.59 Å². The predicted octanol–water partition coefficient (Wildman–Crippen LogP) is 10.5. The van der Waals surface area contributed by atoms with Crippen molar-refractivity contribution in [2.45, 2.75) is 183 Å². The van der Waals surface area contributed by atoms with Gasteiger partial charge >= 0.3 is 0 Å². The Balaban J connectivity index is 0.000000196. The summed E-state index contributed by atoms with van der Waals surface area (Å²) in [5.74, 6) is 5.34. The summed E-state index contributed by atoms with van der Waals surface area (Å²) in [4.78, 5) is 24.9. The van der Waals surface area contributed by atoms with Gasteiger partial charge in [0, 0.05) is 17.3 Å². The molecule has 0 saturated heterocycles. The first-order valence-electron chi connectivity index (χ1n) is 21.7. The molecule has 4 heteroatoms. The minimum absolute atomic E-state index is 0. The number of hydrogen-bond acceptors (Lipinski definition) is 4. The SMILES string of the molecule is C.C.CC(=O)[C@H]1CC[C@H]2[C@@H]3CC[C@@H]4C[C@](C)(O)CC[C@@H]4[C@H]3CC[C@]12C.[2H]C([2H])([2H])C(=O)[C@@]1([2H])CC[C@H]2[C@@H]3CC[C@@H]4C[C@](C)(O)CC[C@@H]4[C@H]3CC[C@@]21C. The lowest BCUT2D eigenvalue weighted by Gasteiger charge is -2.56. The fourth-order valence-corrected chi connectivity index (χ4v) is 15.0. The largest absolute Gasteiger partial charge is 0.390 e. The monoisotopic (exact) mass is 673 g/mol. The van der Waals surface area contributed by atoms with Crippen molar-refractivity contribution >= 4 is 11.6 Å². The van der Waals surface area contributed by atoms with E-state index in [1.165, 1.54) is 38.5 Å². The number of rotatable bonds is 2. The molecule has 276 valence electrons. The van der Waals surface area contributed by atoms with Gasteiger partial charge < -0.3 is 10.2 Å². The van der Waals surface area contributed by atoms with E-state index in [0.717, 1.165) is 100 Å². The summed E-state index contributed by atoms with van der Waals surface area (Å²) >= 11 is 0. The van der Waals surface area contributed by atoms with E-state index >= 15 is 0 Å². The Morgan fingerprint density at radius 2 is 1.02 bits per heavy atom. The van der Waals surface area contributed by atoms with Crippen LogP contribution in [-0.4, -0.2) is 33.0 Å². The summed E-state index contributed by atoms with van der Waals surface area (Å²) in [6.07, 6.45) is 19.1. The zero-order valence-corrected chi connectivity index (χ0v) is 29.8. The van der Waals surface area contributed by atoms with Crippen molar-refractivity contribution in [3.8, 4) is 0 Å². The van der Waals surface area contributed by atoms with Crippen LogP contribution in [0.3, 0.4) is 0 Å². The van der Waals surface area contributed by atoms with E-state index < -0.39 is 35.1 Å². The van der Waals surface area contributed by atoms with Gasteiger partial charge in [0.15, 0.2) is 0 Å². The molecule has 0 bridgehead atoms. The number of carbonyl (C=O) groups excluding carboxylic acids is 2. The van der Waals surface area contributed by atoms with Crippen molar-refractivity contribution in [2.75, 3.05) is 0 Å². The lowest BCUT2D eigenvalue weighted by molar-refractivity contribution is -0.130. The molecule has 4 nitrogen and oxygen atoms in total. The summed E-state index contributed by atoms with van der Waals surface area (Å²) in [7, 11) is 0. The van der Waals surface area contributed by atoms with Crippen molar-refractivity contribution < 1.29 is 25.3 Å². The van der Waals surface area contributed by atoms with Crippen LogP contribution in [0.4, 0.5) is 0 Å². The molecule has 0 unspecified atom stereocenters. The highest BCUT2D eigenvalue weighted by Gasteiger charge is 2.60. The molecule has 0 amide bonds. The van der Waals surface area contributed by atoms with Gasteiger partial charge in [0.1, 0.15) is 11.6 Å². The first-order valence-corrected chi connectivity index (χ1v) is 19.7. The molecule has 8 rings (SSSR count). The number of carbonyl (C=O) groups is 2. The van der Waals surface area contributed by atoms with Gasteiger partial charge in [-0.05, 0) is 213 Å². The zero-order chi connectivity index (χ0) is 36.2. The molecule has 8 saturated carbocycles. The maximum Gasteiger partial charge on any atom is 0.133 e. The van der Waals surface area contributed by atoms with Crippen molar-refractivity contribution in [3.63, 3.8) is 0 Å². The molecule has 0 aromatic heterocycles. The van der Waals surface area contributed by atoms with Gasteiger partial charge in [0.2, 0.25) is 0 Å². The summed E-state index contributed by atoms with van der Waals surface area (Å²) in [5, 5.41) is 21.0. The number of hydrogen-bond donors (Lipinski definition) is 2. The van der Waals surface area contributed by atoms with Gasteiger partial charge in [-0.2, -0.15) is 0 Å². The van der Waals surface area contributed by atoms with Gasteiger partial charge in [-0.25, -0.2) is 0 Å². The van der Waals surface area contributed by atoms with Crippen LogP contribution < -0.4 is 0 Å². The number of aliphatic hydroxyl groups is 2. The van der Waals surface area contributed by atoms with Crippen molar-refractivity contribution in [1.82, 2.24) is 0 Å². The highest BCUT2D eigenvalue weighted by atomic mass is 16.3. The first kappa shape index (κ1) is 33.1. The van der Waals surface area contributed by atoms with Crippen LogP contribution in [0, 0.1) is 81.8 Å². The molecule has 16 atom stereocenters. The highest BCUT2D eigenvalue weighted by molar-refractivity contribution is 5.80. The van der Waals surface area contributed by atoms with Gasteiger partial charge in [-0.3, -0.25) is 9.59 Å². The van der Waals surface area contributed by atoms with Crippen LogP contribution in [0.5, 0.6) is 0 Å². The Hall–Kier alpha value is -0.740. The number of fused-ring (bicyclic) bond motifs is 10. The van der Waals surface area contributed by atoms with Gasteiger partial charge in [-0.1, -0.05) is 28.7 Å². The Labute approximate surface area is 301 Å². The molecular formula is C44H76O4. The molecule has 0 radical (unpaired) electrons. The molecule has 0 heterocycles. The third-order valence-corrected chi connectivity index (χ3v) is 17.0. The van der Waals surface area contributed by atoms with E-state index in [2.05, 4.69) is 6.92 Å². The third kappa shape index (κ3) is 6.45. The predicted molar refractivity (Wildman–Crippen MR) is 197 cm³/mol. The minimum Gasteiger partial charge on any atom is -0.390 e. The molecule has 48 heavy (non-hydrogen) atoms. The van der Waals surface area contributed by atoms with Gasteiger partial charge in [0.25, 0.3) is 0 Å². The quantitative estimate of drug-likeness (QED) is 0.306. The zero-order valence-electron chi connectivity index (χ0n) is 33.8. The van der Waals surface area contributed by atoms with Crippen molar-refractivity contribution in [2.24, 2.45) is 81.8 Å². The normalized spacial score (nSPS) is 56.4. The van der Waals surface area contributed by atoms with E-state index in [1.807, 2.05) is 27.7 Å². The molecule has 0 aromatic carbocycles. The fraction of sp³-hybridized carbons (Fsp3) is 0.955. The summed E-state index contributed by atoms with van der Waals surface area (Å²) in [5.41, 5.74) is -1.15. The van der Waals surface area contributed by atoms with Crippen LogP contribution in [0.15, 0.2) is 0 Å². The third-order valence-electron chi connectivity index (χ3n) is 17.0. The first-order chi connectivity index (χ1) is 23.2. The molecule has 0 spiro atoms. The average Bonchev–Trinajstić information content (AvgIpc) is 3.53. The highest BCUT2D eigenvalue weighted by Crippen LogP contribution is 2.66. The lowest BCUT2D eigenvalue weighted by Crippen LogP contribution is -2.50. The number of Topliss-reactive ketones (excluding diaryl/α,β-unsaturated/α-hetero) is 2. The fourth-order valence-electron chi connectivity index (χ4n) is 15.0. The van der Waals surface area contributed by atoms with E-state index in [9.17, 15) is 19.8 Å². The Morgan fingerprint density at radius 3 is 1.52 bits per heavy atom. The second-order valence-corrected chi connectivity index (χ2v) is 19.4. The standard InChI is InChI=1S/2C21H34O2.2CH4/c2*1-13(22)18-6-7-19-17-5-4-14-12-20(2,23)10-8-15(14)16(17)9-11-21(18,19)3;;/h2*14-19,23H,4-12H2,1-3H3;2*1H4/t2*14-,15+,16-,17-,18-,19+,20-,21-;;/m11../s1/i1D3,18D;;;. The maximum absolute atomic E-state index is 12.7. The summed E-state index contributed by atoms with van der Waals surface area (Å²) in [6, 6.07) is 0. The van der Waals surface area contributed by atoms with Gasteiger partial charge in [-0.15, -0.1) is 0 Å². The van der Waals surface area contributed by atoms with Crippen molar-refractivity contribution in [3.05, 3.63) is 0 Å². The molecule has 0 aromatic rings. The molecule has 8 aliphatic rings. The van der Waals surface area contributed by atoms with E-state index in [4.69, 9.17) is 5.48 Å². The van der Waals surface area contributed by atoms with Crippen molar-refractivity contribution in [1.29, 1.82) is 0 Å². The Bertz CT molecular complexity index is 1330. The minimum atomic E-state index is -2.68. The average molecular weight is 673 g/mol. The van der Waals surface area contributed by atoms with E-state index in [1.54, 1.807) is 0 Å². The second kappa shape index (κ2) is 13.7. The van der Waals surface area contributed by atoms with Crippen LogP contribution in [0.1, 0.15) is 177 Å². The van der Waals surface area contributed by atoms with Crippen LogP contribution >= 0.6 is 0 Å². The van der Waals surface area contributed by atoms with Crippen LogP contribution in [0.25, 0.3) is 0 Å². The van der Waals surface area contributed by atoms with E-state index in [0.29, 0.717) is 53.1 Å². The molecule has 8 aliphatic carbocycles. The topological polar surface area (TPSA) is 74.6 Å². The maximum atomic E-state index is 12.7. The molecule has 8 fully saturated rings. The second-order valence-electron chi connectivity index (χ2n) is 19.4. The smallest absolute Gasteiger partial charge is 0.133 e. The molecule has 0 aliphatic heterocycles. The molecular weight excluding hydrogens is 592 g/mol. The number of ketones is 2. The van der Waals surface area contributed by atoms with E-state index in [-0.39, 0.29) is 14.9 Å². The van der Waals surface area contributed by atoms with Crippen LogP contribution in [0.2, 0.25) is 0 Å². The lowest BCUT2D eigenvalue weighted by atomic mass is 9.49. The Morgan fingerprint density at radius 1 is 0.562 bits per heavy atom. The van der Waals surface area contributed by atoms with Gasteiger partial charge in [0.05, 0.1) is 11.2 Å².